The third-order valence-corrected chi connectivity index (χ3v) is 5.50. The van der Waals surface area contributed by atoms with Crippen LogP contribution in [0.4, 0.5) is 22.0 Å². The van der Waals surface area contributed by atoms with E-state index in [9.17, 15) is 22.0 Å². The molecule has 3 aromatic carbocycles. The van der Waals surface area contributed by atoms with E-state index < -0.39 is 28.8 Å². The van der Waals surface area contributed by atoms with Gasteiger partial charge < -0.3 is 0 Å². The third-order valence-electron chi connectivity index (χ3n) is 5.50. The van der Waals surface area contributed by atoms with Gasteiger partial charge in [0.25, 0.3) is 0 Å². The van der Waals surface area contributed by atoms with E-state index in [1.165, 1.54) is 17.7 Å². The van der Waals surface area contributed by atoms with Crippen molar-refractivity contribution in [2.75, 3.05) is 0 Å². The Morgan fingerprint density at radius 1 is 0.750 bits per heavy atom. The Hall–Kier alpha value is -2.95. The number of aryl methyl sites for hydroxylation is 2. The molecule has 0 bridgehead atoms. The lowest BCUT2D eigenvalue weighted by atomic mass is 9.93. The van der Waals surface area contributed by atoms with Gasteiger partial charge in [-0.25, -0.2) is 4.39 Å². The third kappa shape index (κ3) is 4.77. The van der Waals surface area contributed by atoms with E-state index in [1.807, 2.05) is 24.3 Å². The fourth-order valence-corrected chi connectivity index (χ4v) is 3.59. The standard InChI is InChI=1S/C27H25F5/c1-3-5-7-22-14-17-24(18-25(22)28)27(31,32)26(29,30)23-15-12-21(13-16-23)20-10-8-19(6-4-2)9-11-20/h3,8-18H,1,4-7H2,2H3. The molecule has 0 saturated heterocycles. The topological polar surface area (TPSA) is 0 Å². The molecule has 0 spiro atoms. The summed E-state index contributed by atoms with van der Waals surface area (Å²) >= 11 is 0. The SMILES string of the molecule is C=CCCc1ccc(C(F)(F)C(F)(F)c2ccc(-c3ccc(CCC)cc3)cc2)cc1F. The van der Waals surface area contributed by atoms with Crippen LogP contribution in [0.1, 0.15) is 42.0 Å². The Kier molecular flexibility index (Phi) is 7.17. The second kappa shape index (κ2) is 9.68. The number of benzene rings is 3. The maximum atomic E-state index is 14.8. The fourth-order valence-electron chi connectivity index (χ4n) is 3.59. The zero-order valence-electron chi connectivity index (χ0n) is 17.9. The minimum absolute atomic E-state index is 0.182. The van der Waals surface area contributed by atoms with Crippen molar-refractivity contribution in [1.82, 2.24) is 0 Å². The Balaban J connectivity index is 1.86. The van der Waals surface area contributed by atoms with Crippen LogP contribution in [-0.2, 0) is 24.7 Å². The van der Waals surface area contributed by atoms with Crippen molar-refractivity contribution in [2.24, 2.45) is 0 Å². The summed E-state index contributed by atoms with van der Waals surface area (Å²) in [4.78, 5) is 0. The zero-order valence-corrected chi connectivity index (χ0v) is 17.9. The molecule has 0 N–H and O–H groups in total. The summed E-state index contributed by atoms with van der Waals surface area (Å²) in [5.41, 5.74) is 0.920. The molecule has 168 valence electrons. The van der Waals surface area contributed by atoms with Gasteiger partial charge in [0.05, 0.1) is 0 Å². The molecule has 32 heavy (non-hydrogen) atoms. The molecule has 0 saturated carbocycles. The van der Waals surface area contributed by atoms with Crippen LogP contribution in [0.25, 0.3) is 11.1 Å². The van der Waals surface area contributed by atoms with Crippen molar-refractivity contribution in [2.45, 2.75) is 44.5 Å². The fraction of sp³-hybridized carbons (Fsp3) is 0.259. The number of allylic oxidation sites excluding steroid dienone is 1. The molecule has 0 aliphatic rings. The van der Waals surface area contributed by atoms with Crippen LogP contribution in [0.2, 0.25) is 0 Å². The number of alkyl halides is 4. The average molecular weight is 444 g/mol. The van der Waals surface area contributed by atoms with Crippen LogP contribution < -0.4 is 0 Å². The molecule has 0 aromatic heterocycles. The molecule has 0 radical (unpaired) electrons. The van der Waals surface area contributed by atoms with E-state index in [2.05, 4.69) is 13.5 Å². The maximum Gasteiger partial charge on any atom is 0.339 e. The van der Waals surface area contributed by atoms with Crippen LogP contribution in [0.5, 0.6) is 0 Å². The predicted octanol–water partition coefficient (Wildman–Crippen LogP) is 8.45. The number of rotatable bonds is 9. The molecule has 0 nitrogen and oxygen atoms in total. The largest absolute Gasteiger partial charge is 0.339 e. The average Bonchev–Trinajstić information content (AvgIpc) is 2.79. The van der Waals surface area contributed by atoms with Crippen LogP contribution in [0.15, 0.2) is 79.4 Å². The first-order valence-electron chi connectivity index (χ1n) is 10.6. The molecule has 0 atom stereocenters. The minimum Gasteiger partial charge on any atom is -0.207 e. The molecular weight excluding hydrogens is 419 g/mol. The summed E-state index contributed by atoms with van der Waals surface area (Å²) < 4.78 is 73.5. The number of hydrogen-bond acceptors (Lipinski definition) is 0. The monoisotopic (exact) mass is 444 g/mol. The molecule has 0 fully saturated rings. The summed E-state index contributed by atoms with van der Waals surface area (Å²) in [7, 11) is 0. The van der Waals surface area contributed by atoms with Crippen LogP contribution in [0, 0.1) is 5.82 Å². The van der Waals surface area contributed by atoms with Gasteiger partial charge in [-0.1, -0.05) is 80.1 Å². The molecule has 3 rings (SSSR count). The van der Waals surface area contributed by atoms with E-state index >= 15 is 0 Å². The minimum atomic E-state index is -4.58. The van der Waals surface area contributed by atoms with Gasteiger partial charge in [-0.05, 0) is 47.6 Å². The van der Waals surface area contributed by atoms with Gasteiger partial charge in [-0.15, -0.1) is 6.58 Å². The molecule has 0 aliphatic heterocycles. The summed E-state index contributed by atoms with van der Waals surface area (Å²) in [6.45, 7) is 5.60. The van der Waals surface area contributed by atoms with Crippen LogP contribution in [-0.4, -0.2) is 0 Å². The van der Waals surface area contributed by atoms with E-state index in [-0.39, 0.29) is 12.0 Å². The second-order valence-electron chi connectivity index (χ2n) is 7.81. The van der Waals surface area contributed by atoms with Crippen molar-refractivity contribution in [3.05, 3.63) is 107 Å². The van der Waals surface area contributed by atoms with Crippen LogP contribution in [0.3, 0.4) is 0 Å². The van der Waals surface area contributed by atoms with Gasteiger partial charge in [-0.2, -0.15) is 17.6 Å². The lowest BCUT2D eigenvalue weighted by molar-refractivity contribution is -0.224. The lowest BCUT2D eigenvalue weighted by Gasteiger charge is -2.27. The van der Waals surface area contributed by atoms with E-state index in [0.717, 1.165) is 42.7 Å². The highest BCUT2D eigenvalue weighted by atomic mass is 19.3. The van der Waals surface area contributed by atoms with Crippen molar-refractivity contribution in [1.29, 1.82) is 0 Å². The summed E-state index contributed by atoms with van der Waals surface area (Å²) in [5, 5.41) is 0. The molecule has 0 aliphatic carbocycles. The Bertz CT molecular complexity index is 1050. The van der Waals surface area contributed by atoms with Crippen LogP contribution >= 0.6 is 0 Å². The Morgan fingerprint density at radius 2 is 1.28 bits per heavy atom. The quantitative estimate of drug-likeness (QED) is 0.229. The van der Waals surface area contributed by atoms with Crippen molar-refractivity contribution in [3.63, 3.8) is 0 Å². The highest BCUT2D eigenvalue weighted by molar-refractivity contribution is 5.64. The first-order valence-corrected chi connectivity index (χ1v) is 10.6. The van der Waals surface area contributed by atoms with E-state index in [1.54, 1.807) is 6.08 Å². The molecule has 3 aromatic rings. The molecular formula is C27H25F5. The predicted molar refractivity (Wildman–Crippen MR) is 119 cm³/mol. The lowest BCUT2D eigenvalue weighted by Crippen LogP contribution is -2.35. The van der Waals surface area contributed by atoms with Crippen molar-refractivity contribution < 1.29 is 22.0 Å². The first-order chi connectivity index (χ1) is 15.2. The number of hydrogen-bond donors (Lipinski definition) is 0. The summed E-state index contributed by atoms with van der Waals surface area (Å²) in [5.74, 6) is -10.0. The van der Waals surface area contributed by atoms with Gasteiger partial charge in [0, 0.05) is 11.1 Å². The van der Waals surface area contributed by atoms with Gasteiger partial charge in [0.1, 0.15) is 5.82 Å². The number of halogens is 5. The highest BCUT2D eigenvalue weighted by Gasteiger charge is 2.58. The second-order valence-corrected chi connectivity index (χ2v) is 7.81. The van der Waals surface area contributed by atoms with Gasteiger partial charge in [0.2, 0.25) is 0 Å². The normalized spacial score (nSPS) is 12.1. The van der Waals surface area contributed by atoms with E-state index in [0.29, 0.717) is 18.1 Å². The molecule has 0 heterocycles. The van der Waals surface area contributed by atoms with E-state index in [4.69, 9.17) is 0 Å². The first kappa shape index (κ1) is 23.7. The Morgan fingerprint density at radius 3 is 1.81 bits per heavy atom. The van der Waals surface area contributed by atoms with Crippen molar-refractivity contribution >= 4 is 0 Å². The molecule has 0 amide bonds. The Labute approximate surface area is 185 Å². The summed E-state index contributed by atoms with van der Waals surface area (Å²) in [6, 6.07) is 15.0. The smallest absolute Gasteiger partial charge is 0.207 e. The summed E-state index contributed by atoms with van der Waals surface area (Å²) in [6.07, 6.45) is 4.24. The molecule has 5 heteroatoms. The maximum absolute atomic E-state index is 14.8. The van der Waals surface area contributed by atoms with Gasteiger partial charge in [0.15, 0.2) is 0 Å². The van der Waals surface area contributed by atoms with Gasteiger partial charge >= 0.3 is 11.8 Å². The van der Waals surface area contributed by atoms with Gasteiger partial charge in [-0.3, -0.25) is 0 Å². The molecule has 0 unspecified atom stereocenters. The highest BCUT2D eigenvalue weighted by Crippen LogP contribution is 2.50. The van der Waals surface area contributed by atoms with Crippen molar-refractivity contribution in [3.8, 4) is 11.1 Å². The zero-order chi connectivity index (χ0) is 23.4.